The van der Waals surface area contributed by atoms with E-state index in [2.05, 4.69) is 0 Å². The highest BCUT2D eigenvalue weighted by atomic mass is 16.5. The van der Waals surface area contributed by atoms with Crippen LogP contribution in [-0.4, -0.2) is 24.4 Å². The molecule has 0 aromatic rings. The molecule has 0 rings (SSSR count). The summed E-state index contributed by atoms with van der Waals surface area (Å²) in [6.07, 6.45) is 0.662. The molecule has 0 spiro atoms. The molecule has 0 radical (unpaired) electrons. The van der Waals surface area contributed by atoms with E-state index in [0.717, 1.165) is 5.06 Å². The lowest BCUT2D eigenvalue weighted by Gasteiger charge is -2.22. The Bertz CT molecular complexity index is 112. The first-order valence-corrected chi connectivity index (χ1v) is 3.42. The van der Waals surface area contributed by atoms with Gasteiger partial charge in [0.1, 0.15) is 5.78 Å². The molecule has 0 aliphatic carbocycles. The van der Waals surface area contributed by atoms with Crippen LogP contribution in [0.5, 0.6) is 0 Å². The average Bonchev–Trinajstić information content (AvgIpc) is 1.82. The van der Waals surface area contributed by atoms with Gasteiger partial charge in [0.25, 0.3) is 0 Å². The fraction of sp³-hybridized carbons (Fsp3) is 0.857. The molecule has 3 nitrogen and oxygen atoms in total. The lowest BCUT2D eigenvalue weighted by atomic mass is 10.0. The van der Waals surface area contributed by atoms with Gasteiger partial charge in [0, 0.05) is 5.92 Å². The highest BCUT2D eigenvalue weighted by Gasteiger charge is 2.05. The molecule has 0 aliphatic rings. The third-order valence-electron chi connectivity index (χ3n) is 1.57. The van der Waals surface area contributed by atoms with E-state index in [4.69, 9.17) is 0 Å². The highest BCUT2D eigenvalue weighted by Crippen LogP contribution is 2.02. The summed E-state index contributed by atoms with van der Waals surface area (Å²) in [4.78, 5) is 10.6. The molecular weight excluding hydrogens is 130 g/mol. The average molecular weight is 144 g/mol. The first-order chi connectivity index (χ1) is 4.54. The summed E-state index contributed by atoms with van der Waals surface area (Å²) in [5, 5.41) is 11.2. The zero-order chi connectivity index (χ0) is 8.15. The molecule has 0 aliphatic heterocycles. The van der Waals surface area contributed by atoms with Crippen LogP contribution in [0.3, 0.4) is 0 Å². The predicted octanol–water partition coefficient (Wildman–Crippen LogP) is 1.03. The molecule has 60 valence electrons. The van der Waals surface area contributed by atoms with Crippen LogP contribution >= 0.6 is 0 Å². The van der Waals surface area contributed by atoms with Gasteiger partial charge in [-0.25, -0.2) is 0 Å². The van der Waals surface area contributed by atoms with Gasteiger partial charge in [-0.15, -0.1) is 0 Å². The Balaban J connectivity index is 3.40. The molecule has 0 aromatic heterocycles. The smallest absolute Gasteiger partial charge is 0.132 e. The molecule has 0 unspecified atom stereocenters. The van der Waals surface area contributed by atoms with Crippen molar-refractivity contribution in [2.75, 3.05) is 13.6 Å². The Morgan fingerprint density at radius 1 is 1.70 bits per heavy atom. The summed E-state index contributed by atoms with van der Waals surface area (Å²) in [6.45, 7) is 3.84. The number of hydroxylamine groups is 2. The Labute approximate surface area is 61.6 Å². The monoisotopic (exact) mass is 144 g/mol. The van der Waals surface area contributed by atoms with Crippen molar-refractivity contribution in [2.24, 2.45) is 5.92 Å². The lowest BCUT2D eigenvalue weighted by molar-refractivity contribution is -0.120. The second kappa shape index (κ2) is 4.41. The number of carbonyl (C=O) groups excluding carboxylic acids is 1. The molecule has 0 saturated carbocycles. The van der Waals surface area contributed by atoms with Gasteiger partial charge in [-0.2, -0.15) is 0 Å². The van der Waals surface area contributed by atoms with E-state index in [1.54, 1.807) is 6.92 Å². The van der Waals surface area contributed by atoms with Crippen LogP contribution in [-0.2, 0) is 4.79 Å². The van der Waals surface area contributed by atoms with Gasteiger partial charge in [0.2, 0.25) is 0 Å². The van der Waals surface area contributed by atoms with Gasteiger partial charge in [0.05, 0.1) is 0 Å². The van der Waals surface area contributed by atoms with E-state index in [0.29, 0.717) is 13.0 Å². The largest absolute Gasteiger partial charge is 0.785 e. The van der Waals surface area contributed by atoms with E-state index < -0.39 is 0 Å². The van der Waals surface area contributed by atoms with Crippen molar-refractivity contribution in [2.45, 2.75) is 20.3 Å². The van der Waals surface area contributed by atoms with Crippen LogP contribution in [0.25, 0.3) is 0 Å². The maximum Gasteiger partial charge on any atom is 0.132 e. The van der Waals surface area contributed by atoms with Crippen molar-refractivity contribution >= 4 is 5.78 Å². The standard InChI is InChI=1S/C7H14NO2/c1-6(7(2)9)4-5-8(3)10/h6H,4-5H2,1-3H3/q-1/t6-/m0/s1. The normalized spacial score (nSPS) is 13.7. The van der Waals surface area contributed by atoms with Crippen LogP contribution in [0.4, 0.5) is 0 Å². The molecule has 0 amide bonds. The minimum atomic E-state index is 0.0244. The third-order valence-corrected chi connectivity index (χ3v) is 1.57. The molecule has 3 heteroatoms. The van der Waals surface area contributed by atoms with Crippen LogP contribution in [0.2, 0.25) is 0 Å². The molecule has 0 heterocycles. The quantitative estimate of drug-likeness (QED) is 0.553. The second-order valence-electron chi connectivity index (χ2n) is 2.65. The van der Waals surface area contributed by atoms with Gasteiger partial charge in [-0.05, 0) is 26.9 Å². The molecular formula is C7H14NO2-. The summed E-state index contributed by atoms with van der Waals surface area (Å²) in [5.41, 5.74) is 0. The van der Waals surface area contributed by atoms with E-state index in [1.807, 2.05) is 6.92 Å². The van der Waals surface area contributed by atoms with E-state index in [9.17, 15) is 10.0 Å². The number of hydrogen-bond acceptors (Lipinski definition) is 3. The zero-order valence-corrected chi connectivity index (χ0v) is 6.76. The summed E-state index contributed by atoms with van der Waals surface area (Å²) in [7, 11) is 1.47. The molecule has 0 fully saturated rings. The van der Waals surface area contributed by atoms with E-state index >= 15 is 0 Å². The van der Waals surface area contributed by atoms with Crippen molar-refractivity contribution in [3.63, 3.8) is 0 Å². The van der Waals surface area contributed by atoms with Crippen LogP contribution < -0.4 is 0 Å². The predicted molar refractivity (Wildman–Crippen MR) is 40.5 cm³/mol. The molecule has 0 aromatic carbocycles. The Morgan fingerprint density at radius 3 is 2.50 bits per heavy atom. The number of rotatable bonds is 4. The first-order valence-electron chi connectivity index (χ1n) is 3.42. The van der Waals surface area contributed by atoms with Gasteiger partial charge in [-0.3, -0.25) is 4.79 Å². The topological polar surface area (TPSA) is 43.4 Å². The summed E-state index contributed by atoms with van der Waals surface area (Å²) in [5.74, 6) is 0.179. The molecule has 0 N–H and O–H groups in total. The van der Waals surface area contributed by atoms with Crippen molar-refractivity contribution in [3.8, 4) is 0 Å². The van der Waals surface area contributed by atoms with Crippen molar-refractivity contribution in [3.05, 3.63) is 5.21 Å². The lowest BCUT2D eigenvalue weighted by Crippen LogP contribution is -2.16. The Morgan fingerprint density at radius 2 is 2.20 bits per heavy atom. The molecule has 0 bridgehead atoms. The van der Waals surface area contributed by atoms with E-state index in [-0.39, 0.29) is 11.7 Å². The molecule has 0 saturated heterocycles. The van der Waals surface area contributed by atoms with Gasteiger partial charge in [0.15, 0.2) is 0 Å². The summed E-state index contributed by atoms with van der Waals surface area (Å²) in [6, 6.07) is 0. The number of hydrogen-bond donors (Lipinski definition) is 0. The summed E-state index contributed by atoms with van der Waals surface area (Å²) < 4.78 is 0. The Hall–Kier alpha value is -0.410. The minimum absolute atomic E-state index is 0.0244. The number of ketones is 1. The zero-order valence-electron chi connectivity index (χ0n) is 6.76. The maximum absolute atomic E-state index is 10.6. The first kappa shape index (κ1) is 9.59. The number of carbonyl (C=O) groups is 1. The van der Waals surface area contributed by atoms with Gasteiger partial charge >= 0.3 is 0 Å². The van der Waals surface area contributed by atoms with Gasteiger partial charge < -0.3 is 10.3 Å². The third kappa shape index (κ3) is 4.47. The minimum Gasteiger partial charge on any atom is -0.785 e. The number of Topliss-reactive ketones (excluding diaryl/α,β-unsaturated/α-hetero) is 1. The SMILES string of the molecule is CC(=O)[C@@H](C)CCN(C)[O-]. The van der Waals surface area contributed by atoms with Crippen LogP contribution in [0.1, 0.15) is 20.3 Å². The molecule has 1 atom stereocenters. The van der Waals surface area contributed by atoms with E-state index in [1.165, 1.54) is 7.05 Å². The highest BCUT2D eigenvalue weighted by molar-refractivity contribution is 5.77. The summed E-state index contributed by atoms with van der Waals surface area (Å²) >= 11 is 0. The second-order valence-corrected chi connectivity index (χ2v) is 2.65. The Kier molecular flexibility index (Phi) is 4.23. The van der Waals surface area contributed by atoms with Crippen LogP contribution in [0.15, 0.2) is 0 Å². The van der Waals surface area contributed by atoms with Crippen molar-refractivity contribution in [1.29, 1.82) is 0 Å². The molecule has 10 heavy (non-hydrogen) atoms. The van der Waals surface area contributed by atoms with Crippen molar-refractivity contribution < 1.29 is 4.79 Å². The maximum atomic E-state index is 10.6. The fourth-order valence-corrected chi connectivity index (χ4v) is 0.579. The number of nitrogens with zero attached hydrogens (tertiary/aromatic N) is 1. The fourth-order valence-electron chi connectivity index (χ4n) is 0.579. The van der Waals surface area contributed by atoms with Crippen LogP contribution in [0, 0.1) is 11.1 Å². The van der Waals surface area contributed by atoms with Gasteiger partial charge in [-0.1, -0.05) is 6.92 Å². The van der Waals surface area contributed by atoms with Crippen molar-refractivity contribution in [1.82, 2.24) is 5.06 Å².